The van der Waals surface area contributed by atoms with Gasteiger partial charge in [0.05, 0.1) is 10.4 Å². The summed E-state index contributed by atoms with van der Waals surface area (Å²) in [6.07, 6.45) is 0. The smallest absolute Gasteiger partial charge is 0.376 e. The molecule has 8 nitrogen and oxygen atoms in total. The number of sulfonamides is 1. The normalized spacial score (nSPS) is 13.5. The lowest BCUT2D eigenvalue weighted by Crippen LogP contribution is -2.48. The molecule has 1 atom stereocenters. The molecule has 0 amide bonds. The summed E-state index contributed by atoms with van der Waals surface area (Å²) in [5, 5.41) is 0. The summed E-state index contributed by atoms with van der Waals surface area (Å²) in [5.41, 5.74) is 8.36. The van der Waals surface area contributed by atoms with Crippen molar-refractivity contribution < 1.29 is 21.7 Å². The zero-order valence-electron chi connectivity index (χ0n) is 12.2. The van der Waals surface area contributed by atoms with Crippen molar-refractivity contribution in [3.05, 3.63) is 40.3 Å². The molecule has 0 fully saturated rings. The number of azide groups is 1. The minimum atomic E-state index is -4.11. The Morgan fingerprint density at radius 3 is 2.19 bits per heavy atom. The van der Waals surface area contributed by atoms with Crippen LogP contribution < -0.4 is 0 Å². The summed E-state index contributed by atoms with van der Waals surface area (Å²) in [6, 6.07) is 6.21. The molecule has 1 unspecified atom stereocenters. The third-order valence-electron chi connectivity index (χ3n) is 3.19. The third kappa shape index (κ3) is 3.43. The highest BCUT2D eigenvalue weighted by Crippen LogP contribution is 2.33. The fraction of sp³-hybridized carbons (Fsp3) is 0.455. The van der Waals surface area contributed by atoms with Gasteiger partial charge in [-0.3, -0.25) is 0 Å². The van der Waals surface area contributed by atoms with Gasteiger partial charge < -0.3 is 13.3 Å². The highest BCUT2D eigenvalue weighted by Gasteiger charge is 2.46. The average Bonchev–Trinajstić information content (AvgIpc) is 2.49. The molecule has 116 valence electrons. The molecule has 0 aliphatic heterocycles. The zero-order valence-corrected chi connectivity index (χ0v) is 14.0. The second kappa shape index (κ2) is 7.03. The molecule has 0 aliphatic carbocycles. The molecule has 1 aromatic carbocycles. The van der Waals surface area contributed by atoms with Gasteiger partial charge in [0.25, 0.3) is 10.0 Å². The van der Waals surface area contributed by atoms with E-state index in [-0.39, 0.29) is 4.90 Å². The van der Waals surface area contributed by atoms with E-state index in [9.17, 15) is 8.42 Å². The summed E-state index contributed by atoms with van der Waals surface area (Å²) in [7, 11) is -2.87. The third-order valence-corrected chi connectivity index (χ3v) is 7.49. The first kappa shape index (κ1) is 17.6. The Hall–Kier alpha value is -1.42. The average molecular weight is 331 g/mol. The van der Waals surface area contributed by atoms with Crippen LogP contribution in [0.3, 0.4) is 0 Å². The van der Waals surface area contributed by atoms with Crippen LogP contribution in [0.15, 0.2) is 33.7 Å². The number of benzene rings is 1. The van der Waals surface area contributed by atoms with E-state index in [0.717, 1.165) is 0 Å². The molecule has 0 heterocycles. The van der Waals surface area contributed by atoms with Gasteiger partial charge in [0.15, 0.2) is 0 Å². The lowest BCUT2D eigenvalue weighted by molar-refractivity contribution is 0.114. The Kier molecular flexibility index (Phi) is 5.90. The molecule has 1 rings (SSSR count). The summed E-state index contributed by atoms with van der Waals surface area (Å²) < 4.78 is 43.0. The van der Waals surface area contributed by atoms with Crippen LogP contribution in [0.25, 0.3) is 10.4 Å². The predicted molar refractivity (Wildman–Crippen MR) is 78.0 cm³/mol. The molecular formula is C11H17N3O5SSi. The molecule has 0 radical (unpaired) electrons. The number of rotatable bonds is 7. The number of hydrogen-bond donors (Lipinski definition) is 0. The van der Waals surface area contributed by atoms with Crippen LogP contribution in [-0.2, 0) is 23.3 Å². The van der Waals surface area contributed by atoms with Crippen LogP contribution in [0.5, 0.6) is 0 Å². The minimum absolute atomic E-state index is 0.0849. The molecule has 21 heavy (non-hydrogen) atoms. The standard InChI is InChI=1S/C11H17N3O5SSi/c1-9(21(17-2,18-3)19-4)10-7-5-6-8-11(10)20(15,16)14-13-12/h5-9H,1-4H3. The molecule has 0 saturated heterocycles. The Labute approximate surface area is 124 Å². The van der Waals surface area contributed by atoms with Crippen molar-refractivity contribution in [2.75, 3.05) is 21.3 Å². The second-order valence-corrected chi connectivity index (χ2v) is 8.97. The van der Waals surface area contributed by atoms with E-state index in [1.807, 2.05) is 0 Å². The molecular weight excluding hydrogens is 314 g/mol. The van der Waals surface area contributed by atoms with Gasteiger partial charge in [0.2, 0.25) is 0 Å². The van der Waals surface area contributed by atoms with Crippen LogP contribution in [0.2, 0.25) is 0 Å². The van der Waals surface area contributed by atoms with E-state index in [1.165, 1.54) is 27.4 Å². The van der Waals surface area contributed by atoms with Gasteiger partial charge in [-0.15, -0.1) is 0 Å². The maximum atomic E-state index is 12.0. The summed E-state index contributed by atoms with van der Waals surface area (Å²) >= 11 is 0. The van der Waals surface area contributed by atoms with Crippen LogP contribution in [0, 0.1) is 0 Å². The molecule has 10 heteroatoms. The van der Waals surface area contributed by atoms with Gasteiger partial charge in [-0.25, -0.2) is 8.42 Å². The molecule has 0 saturated carbocycles. The Morgan fingerprint density at radius 2 is 1.71 bits per heavy atom. The summed E-state index contributed by atoms with van der Waals surface area (Å²) in [4.78, 5) is 2.28. The Morgan fingerprint density at radius 1 is 1.19 bits per heavy atom. The molecule has 0 aliphatic rings. The van der Waals surface area contributed by atoms with Gasteiger partial charge in [-0.1, -0.05) is 25.1 Å². The SMILES string of the molecule is CO[Si](OC)(OC)C(C)c1ccccc1S(=O)(=O)N=[N+]=[N-]. The molecule has 0 spiro atoms. The maximum absolute atomic E-state index is 12.0. The zero-order chi connectivity index (χ0) is 16.1. The minimum Gasteiger partial charge on any atom is -0.376 e. The molecule has 0 aromatic heterocycles. The fourth-order valence-electron chi connectivity index (χ4n) is 2.14. The lowest BCUT2D eigenvalue weighted by Gasteiger charge is -2.31. The van der Waals surface area contributed by atoms with E-state index in [4.69, 9.17) is 18.8 Å². The highest BCUT2D eigenvalue weighted by molar-refractivity contribution is 7.90. The summed E-state index contributed by atoms with van der Waals surface area (Å²) in [5.74, 6) is 0. The molecule has 1 aromatic rings. The van der Waals surface area contributed by atoms with Crippen LogP contribution in [-0.4, -0.2) is 38.6 Å². The van der Waals surface area contributed by atoms with Crippen LogP contribution in [0.1, 0.15) is 18.0 Å². The predicted octanol–water partition coefficient (Wildman–Crippen LogP) is 2.21. The van der Waals surface area contributed by atoms with Crippen molar-refractivity contribution in [2.24, 2.45) is 4.52 Å². The first-order chi connectivity index (χ1) is 9.88. The number of nitrogens with zero attached hydrogens (tertiary/aromatic N) is 3. The topological polar surface area (TPSA) is 111 Å². The van der Waals surface area contributed by atoms with Crippen molar-refractivity contribution in [3.63, 3.8) is 0 Å². The van der Waals surface area contributed by atoms with Crippen LogP contribution in [0.4, 0.5) is 0 Å². The first-order valence-corrected chi connectivity index (χ1v) is 9.18. The van der Waals surface area contributed by atoms with Crippen LogP contribution >= 0.6 is 0 Å². The van der Waals surface area contributed by atoms with Gasteiger partial charge in [-0.2, -0.15) is 0 Å². The van der Waals surface area contributed by atoms with E-state index in [0.29, 0.717) is 5.56 Å². The van der Waals surface area contributed by atoms with Crippen molar-refractivity contribution in [2.45, 2.75) is 17.4 Å². The molecule has 0 bridgehead atoms. The van der Waals surface area contributed by atoms with Crippen molar-refractivity contribution in [3.8, 4) is 0 Å². The Balaban J connectivity index is 3.49. The van der Waals surface area contributed by atoms with E-state index < -0.39 is 24.4 Å². The maximum Gasteiger partial charge on any atom is 0.507 e. The number of hydrogen-bond acceptors (Lipinski definition) is 5. The second-order valence-electron chi connectivity index (χ2n) is 4.12. The van der Waals surface area contributed by atoms with Gasteiger partial charge in [0.1, 0.15) is 0 Å². The first-order valence-electron chi connectivity index (χ1n) is 5.94. The largest absolute Gasteiger partial charge is 0.507 e. The van der Waals surface area contributed by atoms with Gasteiger partial charge in [-0.05, 0) is 17.2 Å². The quantitative estimate of drug-likeness (QED) is 0.329. The van der Waals surface area contributed by atoms with Crippen molar-refractivity contribution >= 4 is 18.8 Å². The van der Waals surface area contributed by atoms with E-state index in [1.54, 1.807) is 25.1 Å². The highest BCUT2D eigenvalue weighted by atomic mass is 32.2. The Bertz CT molecular complexity index is 633. The van der Waals surface area contributed by atoms with E-state index in [2.05, 4.69) is 9.43 Å². The van der Waals surface area contributed by atoms with Gasteiger partial charge >= 0.3 is 8.80 Å². The van der Waals surface area contributed by atoms with Crippen molar-refractivity contribution in [1.82, 2.24) is 0 Å². The van der Waals surface area contributed by atoms with Gasteiger partial charge in [0, 0.05) is 30.8 Å². The fourth-order valence-corrected chi connectivity index (χ4v) is 5.41. The monoisotopic (exact) mass is 331 g/mol. The van der Waals surface area contributed by atoms with E-state index >= 15 is 0 Å². The lowest BCUT2D eigenvalue weighted by atomic mass is 10.2. The molecule has 0 N–H and O–H groups in total. The van der Waals surface area contributed by atoms with Crippen molar-refractivity contribution in [1.29, 1.82) is 0 Å². The summed E-state index contributed by atoms with van der Waals surface area (Å²) in [6.45, 7) is 1.74.